The highest BCUT2D eigenvalue weighted by molar-refractivity contribution is 6.31. The third kappa shape index (κ3) is 5.01. The number of aryl methyl sites for hydroxylation is 1. The maximum atomic E-state index is 12.8. The van der Waals surface area contributed by atoms with Crippen LogP contribution in [-0.2, 0) is 14.3 Å². The Bertz CT molecular complexity index is 803. The molecule has 0 radical (unpaired) electrons. The van der Waals surface area contributed by atoms with E-state index in [1.165, 1.54) is 0 Å². The van der Waals surface area contributed by atoms with E-state index < -0.39 is 12.1 Å². The van der Waals surface area contributed by atoms with Gasteiger partial charge in [-0.3, -0.25) is 4.79 Å². The summed E-state index contributed by atoms with van der Waals surface area (Å²) in [5.41, 5.74) is 1.51. The number of nitrogens with zero attached hydrogens (tertiary/aromatic N) is 1. The molecule has 1 heterocycles. The van der Waals surface area contributed by atoms with Crippen LogP contribution in [0, 0.1) is 6.92 Å². The van der Waals surface area contributed by atoms with E-state index in [0.29, 0.717) is 29.4 Å². The van der Waals surface area contributed by atoms with Gasteiger partial charge in [0.25, 0.3) is 5.91 Å². The molecule has 6 heteroatoms. The summed E-state index contributed by atoms with van der Waals surface area (Å²) in [6.45, 7) is 2.96. The van der Waals surface area contributed by atoms with E-state index >= 15 is 0 Å². The maximum absolute atomic E-state index is 12.8. The second-order valence-corrected chi connectivity index (χ2v) is 6.92. The molecular weight excluding hydrogens is 366 g/mol. The van der Waals surface area contributed by atoms with Crippen molar-refractivity contribution in [2.24, 2.45) is 0 Å². The molecule has 0 unspecified atom stereocenters. The molecule has 0 spiro atoms. The second kappa shape index (κ2) is 8.91. The number of esters is 1. The number of ether oxygens (including phenoxy) is 2. The van der Waals surface area contributed by atoms with Crippen LogP contribution in [0.1, 0.15) is 30.1 Å². The standard InChI is InChI=1S/C21H22ClNO4/c1-15-13-17(9-10-18(15)22)26-14-19(24)27-20(16-7-3-2-4-8-16)21(25)23-11-5-6-12-23/h2-4,7-10,13,20H,5-6,11-12,14H2,1H3/t20-/m0/s1. The van der Waals surface area contributed by atoms with Crippen molar-refractivity contribution in [1.82, 2.24) is 4.90 Å². The highest BCUT2D eigenvalue weighted by Gasteiger charge is 2.31. The van der Waals surface area contributed by atoms with Crippen molar-refractivity contribution in [1.29, 1.82) is 0 Å². The molecule has 142 valence electrons. The van der Waals surface area contributed by atoms with E-state index in [2.05, 4.69) is 0 Å². The largest absolute Gasteiger partial charge is 0.482 e. The third-order valence-electron chi connectivity index (χ3n) is 4.48. The molecule has 1 aliphatic heterocycles. The molecule has 1 atom stereocenters. The lowest BCUT2D eigenvalue weighted by Gasteiger charge is -2.23. The lowest BCUT2D eigenvalue weighted by atomic mass is 10.1. The molecule has 0 aliphatic carbocycles. The molecule has 0 aromatic heterocycles. The topological polar surface area (TPSA) is 55.8 Å². The highest BCUT2D eigenvalue weighted by Crippen LogP contribution is 2.24. The van der Waals surface area contributed by atoms with Crippen molar-refractivity contribution < 1.29 is 19.1 Å². The number of carbonyl (C=O) groups is 2. The zero-order valence-electron chi connectivity index (χ0n) is 15.2. The number of rotatable bonds is 6. The summed E-state index contributed by atoms with van der Waals surface area (Å²) in [4.78, 5) is 26.9. The Balaban J connectivity index is 1.66. The zero-order valence-corrected chi connectivity index (χ0v) is 15.9. The van der Waals surface area contributed by atoms with Gasteiger partial charge >= 0.3 is 5.97 Å². The molecule has 5 nitrogen and oxygen atoms in total. The third-order valence-corrected chi connectivity index (χ3v) is 4.90. The Morgan fingerprint density at radius 3 is 2.48 bits per heavy atom. The first-order valence-electron chi connectivity index (χ1n) is 8.97. The Labute approximate surface area is 163 Å². The van der Waals surface area contributed by atoms with Crippen LogP contribution in [-0.4, -0.2) is 36.5 Å². The molecule has 1 aliphatic rings. The number of hydrogen-bond acceptors (Lipinski definition) is 4. The number of amides is 1. The van der Waals surface area contributed by atoms with Crippen molar-refractivity contribution in [3.8, 4) is 5.75 Å². The lowest BCUT2D eigenvalue weighted by Crippen LogP contribution is -2.35. The van der Waals surface area contributed by atoms with Gasteiger partial charge in [-0.25, -0.2) is 4.79 Å². The summed E-state index contributed by atoms with van der Waals surface area (Å²) >= 11 is 5.99. The van der Waals surface area contributed by atoms with E-state index in [1.807, 2.05) is 25.1 Å². The van der Waals surface area contributed by atoms with Crippen LogP contribution in [0.25, 0.3) is 0 Å². The summed E-state index contributed by atoms with van der Waals surface area (Å²) in [6.07, 6.45) is 0.993. The number of carbonyl (C=O) groups excluding carboxylic acids is 2. The predicted molar refractivity (Wildman–Crippen MR) is 103 cm³/mol. The first-order valence-corrected chi connectivity index (χ1v) is 9.34. The van der Waals surface area contributed by atoms with E-state index in [0.717, 1.165) is 18.4 Å². The summed E-state index contributed by atoms with van der Waals surface area (Å²) in [5.74, 6) is -0.255. The van der Waals surface area contributed by atoms with Gasteiger partial charge in [0, 0.05) is 23.7 Å². The highest BCUT2D eigenvalue weighted by atomic mass is 35.5. The molecule has 0 N–H and O–H groups in total. The Hall–Kier alpha value is -2.53. The SMILES string of the molecule is Cc1cc(OCC(=O)O[C@H](C(=O)N2CCCC2)c2ccccc2)ccc1Cl. The predicted octanol–water partition coefficient (Wildman–Crippen LogP) is 3.93. The number of likely N-dealkylation sites (tertiary alicyclic amines) is 1. The normalized spacial score (nSPS) is 14.7. The number of hydrogen-bond donors (Lipinski definition) is 0. The first kappa shape index (κ1) is 19.2. The number of halogens is 1. The van der Waals surface area contributed by atoms with E-state index in [4.69, 9.17) is 21.1 Å². The van der Waals surface area contributed by atoms with Gasteiger partial charge in [-0.2, -0.15) is 0 Å². The quantitative estimate of drug-likeness (QED) is 0.704. The van der Waals surface area contributed by atoms with Crippen LogP contribution >= 0.6 is 11.6 Å². The molecule has 3 rings (SSSR count). The first-order chi connectivity index (χ1) is 13.0. The summed E-state index contributed by atoms with van der Waals surface area (Å²) < 4.78 is 11.0. The Morgan fingerprint density at radius 1 is 1.11 bits per heavy atom. The zero-order chi connectivity index (χ0) is 19.2. The molecule has 1 saturated heterocycles. The van der Waals surface area contributed by atoms with Gasteiger partial charge in [0.15, 0.2) is 6.61 Å². The van der Waals surface area contributed by atoms with Crippen molar-refractivity contribution >= 4 is 23.5 Å². The maximum Gasteiger partial charge on any atom is 0.345 e. The van der Waals surface area contributed by atoms with Gasteiger partial charge in [-0.1, -0.05) is 41.9 Å². The number of benzene rings is 2. The van der Waals surface area contributed by atoms with Crippen LogP contribution < -0.4 is 4.74 Å². The van der Waals surface area contributed by atoms with Gasteiger partial charge in [0.2, 0.25) is 6.10 Å². The molecule has 0 saturated carbocycles. The van der Waals surface area contributed by atoms with Crippen LogP contribution in [0.15, 0.2) is 48.5 Å². The minimum absolute atomic E-state index is 0.186. The Kier molecular flexibility index (Phi) is 6.35. The fraction of sp³-hybridized carbons (Fsp3) is 0.333. The van der Waals surface area contributed by atoms with E-state index in [-0.39, 0.29) is 12.5 Å². The van der Waals surface area contributed by atoms with Gasteiger partial charge in [0.1, 0.15) is 5.75 Å². The molecule has 0 bridgehead atoms. The second-order valence-electron chi connectivity index (χ2n) is 6.51. The monoisotopic (exact) mass is 387 g/mol. The Morgan fingerprint density at radius 2 is 1.81 bits per heavy atom. The van der Waals surface area contributed by atoms with Crippen molar-refractivity contribution in [2.45, 2.75) is 25.9 Å². The molecule has 2 aromatic rings. The minimum atomic E-state index is -0.952. The van der Waals surface area contributed by atoms with E-state index in [9.17, 15) is 9.59 Å². The van der Waals surface area contributed by atoms with Crippen LogP contribution in [0.5, 0.6) is 5.75 Å². The van der Waals surface area contributed by atoms with Gasteiger partial charge in [-0.05, 0) is 43.5 Å². The fourth-order valence-electron chi connectivity index (χ4n) is 3.01. The molecule has 1 fully saturated rings. The van der Waals surface area contributed by atoms with Gasteiger partial charge in [0.05, 0.1) is 0 Å². The van der Waals surface area contributed by atoms with Crippen LogP contribution in [0.4, 0.5) is 0 Å². The molecule has 27 heavy (non-hydrogen) atoms. The van der Waals surface area contributed by atoms with E-state index in [1.54, 1.807) is 35.2 Å². The van der Waals surface area contributed by atoms with Crippen LogP contribution in [0.3, 0.4) is 0 Å². The molecule has 1 amide bonds. The summed E-state index contributed by atoms with van der Waals surface area (Å²) in [7, 11) is 0. The minimum Gasteiger partial charge on any atom is -0.482 e. The molecular formula is C21H22ClNO4. The summed E-state index contributed by atoms with van der Waals surface area (Å²) in [6, 6.07) is 14.2. The van der Waals surface area contributed by atoms with Crippen molar-refractivity contribution in [3.63, 3.8) is 0 Å². The lowest BCUT2D eigenvalue weighted by molar-refractivity contribution is -0.162. The average Bonchev–Trinajstić information content (AvgIpc) is 3.22. The van der Waals surface area contributed by atoms with Gasteiger partial charge < -0.3 is 14.4 Å². The fourth-order valence-corrected chi connectivity index (χ4v) is 3.12. The van der Waals surface area contributed by atoms with Gasteiger partial charge in [-0.15, -0.1) is 0 Å². The average molecular weight is 388 g/mol. The summed E-state index contributed by atoms with van der Waals surface area (Å²) in [5, 5.41) is 0.630. The molecule has 2 aromatic carbocycles. The van der Waals surface area contributed by atoms with Crippen molar-refractivity contribution in [2.75, 3.05) is 19.7 Å². The van der Waals surface area contributed by atoms with Crippen molar-refractivity contribution in [3.05, 3.63) is 64.7 Å². The smallest absolute Gasteiger partial charge is 0.345 e. The van der Waals surface area contributed by atoms with Crippen LogP contribution in [0.2, 0.25) is 5.02 Å².